The number of aromatic hydroxyl groups is 1. The van der Waals surface area contributed by atoms with Gasteiger partial charge < -0.3 is 20.5 Å². The van der Waals surface area contributed by atoms with Crippen molar-refractivity contribution in [1.29, 1.82) is 0 Å². The van der Waals surface area contributed by atoms with Crippen molar-refractivity contribution in [3.8, 4) is 11.5 Å². The third kappa shape index (κ3) is 7.96. The van der Waals surface area contributed by atoms with Crippen molar-refractivity contribution in [3.63, 3.8) is 0 Å². The first kappa shape index (κ1) is 30.2. The number of thioether (sulfide) groups is 1. The van der Waals surface area contributed by atoms with Crippen LogP contribution in [0, 0.1) is 6.92 Å². The summed E-state index contributed by atoms with van der Waals surface area (Å²) in [6, 6.07) is 39.2. The summed E-state index contributed by atoms with van der Waals surface area (Å²) in [5.74, 6) is -0.362. The van der Waals surface area contributed by atoms with Gasteiger partial charge in [0.25, 0.3) is 11.8 Å². The number of amides is 2. The van der Waals surface area contributed by atoms with E-state index in [2.05, 4.69) is 16.7 Å². The van der Waals surface area contributed by atoms with Crippen LogP contribution in [0.2, 0.25) is 0 Å². The minimum absolute atomic E-state index is 0.186. The van der Waals surface area contributed by atoms with E-state index in [-0.39, 0.29) is 23.3 Å². The first-order chi connectivity index (χ1) is 21.4. The number of hydrogen-bond donors (Lipinski definition) is 3. The van der Waals surface area contributed by atoms with Crippen molar-refractivity contribution in [2.24, 2.45) is 0 Å². The van der Waals surface area contributed by atoms with Gasteiger partial charge >= 0.3 is 0 Å². The average molecular weight is 601 g/mol. The monoisotopic (exact) mass is 600 g/mol. The zero-order valence-electron chi connectivity index (χ0n) is 24.4. The lowest BCUT2D eigenvalue weighted by Crippen LogP contribution is -2.30. The molecule has 1 atom stereocenters. The number of nitrogens with one attached hydrogen (secondary N) is 2. The van der Waals surface area contributed by atoms with E-state index in [1.807, 2.05) is 97.9 Å². The second-order valence-electron chi connectivity index (χ2n) is 10.1. The topological polar surface area (TPSA) is 87.7 Å². The highest BCUT2D eigenvalue weighted by Crippen LogP contribution is 2.43. The quantitative estimate of drug-likeness (QED) is 0.0848. The smallest absolute Gasteiger partial charge is 0.265 e. The zero-order valence-corrected chi connectivity index (χ0v) is 25.2. The molecule has 0 saturated heterocycles. The minimum atomic E-state index is -0.816. The van der Waals surface area contributed by atoms with E-state index in [1.54, 1.807) is 37.3 Å². The summed E-state index contributed by atoms with van der Waals surface area (Å²) in [5, 5.41) is 16.7. The predicted octanol–water partition coefficient (Wildman–Crippen LogP) is 8.65. The van der Waals surface area contributed by atoms with Gasteiger partial charge in [-0.3, -0.25) is 9.59 Å². The van der Waals surface area contributed by atoms with Crippen LogP contribution in [0.1, 0.15) is 34.0 Å². The van der Waals surface area contributed by atoms with Crippen LogP contribution in [0.15, 0.2) is 132 Å². The Morgan fingerprint density at radius 2 is 1.34 bits per heavy atom. The van der Waals surface area contributed by atoms with Gasteiger partial charge in [-0.15, -0.1) is 0 Å². The Morgan fingerprint density at radius 1 is 0.750 bits per heavy atom. The van der Waals surface area contributed by atoms with Gasteiger partial charge in [-0.2, -0.15) is 0 Å². The number of anilines is 2. The Bertz CT molecular complexity index is 1760. The first-order valence-electron chi connectivity index (χ1n) is 14.1. The van der Waals surface area contributed by atoms with E-state index >= 15 is 0 Å². The van der Waals surface area contributed by atoms with E-state index < -0.39 is 6.10 Å². The van der Waals surface area contributed by atoms with Gasteiger partial charge in [-0.05, 0) is 61.4 Å². The predicted molar refractivity (Wildman–Crippen MR) is 179 cm³/mol. The maximum Gasteiger partial charge on any atom is 0.265 e. The van der Waals surface area contributed by atoms with Crippen molar-refractivity contribution in [1.82, 2.24) is 0 Å². The molecule has 5 rings (SSSR count). The van der Waals surface area contributed by atoms with Crippen LogP contribution in [0.3, 0.4) is 0 Å². The third-order valence-electron chi connectivity index (χ3n) is 6.72. The molecule has 0 radical (unpaired) electrons. The van der Waals surface area contributed by atoms with Crippen molar-refractivity contribution >= 4 is 45.9 Å². The fourth-order valence-corrected chi connectivity index (χ4v) is 5.42. The summed E-state index contributed by atoms with van der Waals surface area (Å²) >= 11 is 1.41. The van der Waals surface area contributed by atoms with Crippen LogP contribution >= 0.6 is 11.8 Å². The molecule has 1 unspecified atom stereocenters. The Morgan fingerprint density at radius 3 is 1.98 bits per heavy atom. The zero-order chi connectivity index (χ0) is 30.9. The van der Waals surface area contributed by atoms with E-state index in [0.717, 1.165) is 21.6 Å². The summed E-state index contributed by atoms with van der Waals surface area (Å²) in [6.07, 6.45) is 1.24. The highest BCUT2D eigenvalue weighted by molar-refractivity contribution is 8.08. The number of rotatable bonds is 10. The Kier molecular flexibility index (Phi) is 9.79. The van der Waals surface area contributed by atoms with Gasteiger partial charge in [0.15, 0.2) is 6.10 Å². The number of benzene rings is 5. The number of phenols is 1. The molecule has 0 bridgehead atoms. The molecule has 6 nitrogen and oxygen atoms in total. The van der Waals surface area contributed by atoms with Crippen molar-refractivity contribution in [2.75, 3.05) is 10.6 Å². The highest BCUT2D eigenvalue weighted by Gasteiger charge is 2.20. The molecule has 0 saturated carbocycles. The van der Waals surface area contributed by atoms with Gasteiger partial charge in [0.05, 0.1) is 11.4 Å². The summed E-state index contributed by atoms with van der Waals surface area (Å²) in [4.78, 5) is 27.8. The standard InChI is InChI=1S/C37H32N2O4S/c1-25-18-20-30(21-19-25)43-26(2)36(41)39-32-23-33(40)31(38-37(42)29-16-10-5-11-17-29)24-35(32)44-34(28-14-8-4-9-15-28)22-27-12-6-3-7-13-27/h3-24,26,40H,1-2H3,(H,38,42)(H,39,41). The van der Waals surface area contributed by atoms with E-state index in [4.69, 9.17) is 4.74 Å². The largest absolute Gasteiger partial charge is 0.506 e. The molecule has 44 heavy (non-hydrogen) atoms. The molecule has 0 aliphatic carbocycles. The van der Waals surface area contributed by atoms with Gasteiger partial charge in [-0.1, -0.05) is 108 Å². The third-order valence-corrected chi connectivity index (χ3v) is 7.85. The van der Waals surface area contributed by atoms with Crippen molar-refractivity contribution in [3.05, 3.63) is 150 Å². The van der Waals surface area contributed by atoms with Gasteiger partial charge in [-0.25, -0.2) is 0 Å². The van der Waals surface area contributed by atoms with Crippen LogP contribution in [-0.4, -0.2) is 23.0 Å². The second kappa shape index (κ2) is 14.3. The number of phenolic OH excluding ortho intramolecular Hbond substituents is 1. The van der Waals surface area contributed by atoms with E-state index in [9.17, 15) is 14.7 Å². The Labute approximate surface area is 261 Å². The average Bonchev–Trinajstić information content (AvgIpc) is 3.05. The van der Waals surface area contributed by atoms with E-state index in [1.165, 1.54) is 17.8 Å². The normalized spacial score (nSPS) is 11.8. The lowest BCUT2D eigenvalue weighted by molar-refractivity contribution is -0.122. The molecule has 3 N–H and O–H groups in total. The molecule has 0 spiro atoms. The highest BCUT2D eigenvalue weighted by atomic mass is 32.2. The van der Waals surface area contributed by atoms with Gasteiger partial charge in [0, 0.05) is 21.4 Å². The summed E-state index contributed by atoms with van der Waals surface area (Å²) in [6.45, 7) is 3.65. The Balaban J connectivity index is 1.50. The van der Waals surface area contributed by atoms with Gasteiger partial charge in [0.1, 0.15) is 11.5 Å². The van der Waals surface area contributed by atoms with Crippen molar-refractivity contribution in [2.45, 2.75) is 24.8 Å². The molecule has 0 aromatic heterocycles. The molecule has 7 heteroatoms. The Hall–Kier alpha value is -5.27. The summed E-state index contributed by atoms with van der Waals surface area (Å²) in [5.41, 5.74) is 4.11. The van der Waals surface area contributed by atoms with Crippen LogP contribution in [-0.2, 0) is 4.79 Å². The van der Waals surface area contributed by atoms with E-state index in [0.29, 0.717) is 21.9 Å². The van der Waals surface area contributed by atoms with Crippen LogP contribution in [0.25, 0.3) is 11.0 Å². The molecule has 2 amide bonds. The minimum Gasteiger partial charge on any atom is -0.506 e. The molecule has 5 aromatic carbocycles. The fourth-order valence-electron chi connectivity index (χ4n) is 4.34. The van der Waals surface area contributed by atoms with Crippen LogP contribution in [0.4, 0.5) is 11.4 Å². The maximum absolute atomic E-state index is 13.3. The molecular weight excluding hydrogens is 568 g/mol. The molecule has 0 heterocycles. The summed E-state index contributed by atoms with van der Waals surface area (Å²) in [7, 11) is 0. The van der Waals surface area contributed by atoms with Gasteiger partial charge in [0.2, 0.25) is 0 Å². The molecule has 0 aliphatic heterocycles. The van der Waals surface area contributed by atoms with Crippen molar-refractivity contribution < 1.29 is 19.4 Å². The molecule has 220 valence electrons. The number of hydrogen-bond acceptors (Lipinski definition) is 5. The SMILES string of the molecule is Cc1ccc(OC(C)C(=O)Nc2cc(O)c(NC(=O)c3ccccc3)cc2SC(=Cc2ccccc2)c2ccccc2)cc1. The second-order valence-corrected chi connectivity index (χ2v) is 11.2. The number of ether oxygens (including phenoxy) is 1. The first-order valence-corrected chi connectivity index (χ1v) is 14.9. The molecule has 0 fully saturated rings. The fraction of sp³-hybridized carbons (Fsp3) is 0.0811. The lowest BCUT2D eigenvalue weighted by atomic mass is 10.1. The maximum atomic E-state index is 13.3. The van der Waals surface area contributed by atoms with Crippen LogP contribution < -0.4 is 15.4 Å². The number of aryl methyl sites for hydroxylation is 1. The summed E-state index contributed by atoms with van der Waals surface area (Å²) < 4.78 is 5.88. The lowest BCUT2D eigenvalue weighted by Gasteiger charge is -2.19. The van der Waals surface area contributed by atoms with Crippen LogP contribution in [0.5, 0.6) is 11.5 Å². The molecule has 5 aromatic rings. The molecular formula is C37H32N2O4S. The molecule has 0 aliphatic rings. The number of carbonyl (C=O) groups is 2. The number of carbonyl (C=O) groups excluding carboxylic acids is 2.